The number of nitrogens with zero attached hydrogens (tertiary/aromatic N) is 3. The molecule has 1 spiro atoms. The Morgan fingerprint density at radius 1 is 1.15 bits per heavy atom. The molecule has 27 heavy (non-hydrogen) atoms. The molecule has 0 saturated carbocycles. The Kier molecular flexibility index (Phi) is 4.97. The van der Waals surface area contributed by atoms with Crippen LogP contribution in [0.2, 0.25) is 0 Å². The van der Waals surface area contributed by atoms with Crippen molar-refractivity contribution in [2.24, 2.45) is 5.41 Å². The Bertz CT molecular complexity index is 807. The van der Waals surface area contributed by atoms with Crippen molar-refractivity contribution in [2.75, 3.05) is 19.6 Å². The highest BCUT2D eigenvalue weighted by Gasteiger charge is 2.37. The molecule has 1 N–H and O–H groups in total. The molecule has 0 aliphatic carbocycles. The second-order valence-electron chi connectivity index (χ2n) is 7.80. The Morgan fingerprint density at radius 2 is 2.00 bits per heavy atom. The van der Waals surface area contributed by atoms with Crippen LogP contribution in [0.25, 0.3) is 0 Å². The standard InChI is InChI=1S/C21H26N4O2/c26-19-5-6-21(7-11-22-19)8-13-24(14-9-21)20(27)18-4-1-3-17(15-18)16-25-12-2-10-23-25/h1-4,10,12,15H,5-9,11,13-14,16H2,(H,22,26). The summed E-state index contributed by atoms with van der Waals surface area (Å²) in [5.74, 6) is 0.273. The van der Waals surface area contributed by atoms with Crippen molar-refractivity contribution >= 4 is 11.8 Å². The van der Waals surface area contributed by atoms with Crippen LogP contribution in [0.3, 0.4) is 0 Å². The molecule has 0 atom stereocenters. The van der Waals surface area contributed by atoms with E-state index in [1.807, 2.05) is 46.1 Å². The Labute approximate surface area is 159 Å². The number of hydrogen-bond acceptors (Lipinski definition) is 3. The number of aromatic nitrogens is 2. The largest absolute Gasteiger partial charge is 0.356 e. The van der Waals surface area contributed by atoms with E-state index < -0.39 is 0 Å². The third-order valence-electron chi connectivity index (χ3n) is 6.05. The van der Waals surface area contributed by atoms with Gasteiger partial charge in [-0.1, -0.05) is 12.1 Å². The summed E-state index contributed by atoms with van der Waals surface area (Å²) < 4.78 is 1.86. The molecule has 2 aliphatic heterocycles. The van der Waals surface area contributed by atoms with E-state index in [1.54, 1.807) is 6.20 Å². The third kappa shape index (κ3) is 4.04. The zero-order chi connectivity index (χ0) is 18.7. The Balaban J connectivity index is 1.40. The quantitative estimate of drug-likeness (QED) is 0.907. The summed E-state index contributed by atoms with van der Waals surface area (Å²) in [5.41, 5.74) is 2.04. The molecule has 2 amide bonds. The fraction of sp³-hybridized carbons (Fsp3) is 0.476. The molecule has 2 fully saturated rings. The number of benzene rings is 1. The van der Waals surface area contributed by atoms with E-state index in [-0.39, 0.29) is 17.2 Å². The molecule has 0 radical (unpaired) electrons. The van der Waals surface area contributed by atoms with Gasteiger partial charge in [0.2, 0.25) is 5.91 Å². The normalized spacial score (nSPS) is 19.6. The molecule has 6 nitrogen and oxygen atoms in total. The fourth-order valence-corrected chi connectivity index (χ4v) is 4.31. The lowest BCUT2D eigenvalue weighted by atomic mass is 9.73. The lowest BCUT2D eigenvalue weighted by molar-refractivity contribution is -0.121. The van der Waals surface area contributed by atoms with Crippen molar-refractivity contribution in [3.63, 3.8) is 0 Å². The first-order chi connectivity index (χ1) is 13.1. The molecular weight excluding hydrogens is 340 g/mol. The number of likely N-dealkylation sites (tertiary alicyclic amines) is 1. The minimum Gasteiger partial charge on any atom is -0.356 e. The summed E-state index contributed by atoms with van der Waals surface area (Å²) in [5, 5.41) is 7.20. The number of piperidine rings is 1. The van der Waals surface area contributed by atoms with Gasteiger partial charge in [0.25, 0.3) is 5.91 Å². The summed E-state index contributed by atoms with van der Waals surface area (Å²) in [6.07, 6.45) is 8.24. The maximum atomic E-state index is 13.0. The molecule has 2 aliphatic rings. The van der Waals surface area contributed by atoms with E-state index >= 15 is 0 Å². The number of hydrogen-bond donors (Lipinski definition) is 1. The average Bonchev–Trinajstić information content (AvgIpc) is 3.13. The van der Waals surface area contributed by atoms with Crippen molar-refractivity contribution in [1.29, 1.82) is 0 Å². The van der Waals surface area contributed by atoms with Crippen LogP contribution < -0.4 is 5.32 Å². The van der Waals surface area contributed by atoms with Gasteiger partial charge < -0.3 is 10.2 Å². The van der Waals surface area contributed by atoms with E-state index in [0.29, 0.717) is 13.0 Å². The molecule has 3 heterocycles. The van der Waals surface area contributed by atoms with Crippen molar-refractivity contribution in [3.8, 4) is 0 Å². The first-order valence-corrected chi connectivity index (χ1v) is 9.76. The van der Waals surface area contributed by atoms with Gasteiger partial charge in [-0.2, -0.15) is 5.10 Å². The maximum Gasteiger partial charge on any atom is 0.253 e. The van der Waals surface area contributed by atoms with E-state index in [2.05, 4.69) is 10.4 Å². The molecule has 2 saturated heterocycles. The lowest BCUT2D eigenvalue weighted by Crippen LogP contribution is -2.43. The summed E-state index contributed by atoms with van der Waals surface area (Å²) >= 11 is 0. The fourth-order valence-electron chi connectivity index (χ4n) is 4.31. The minimum absolute atomic E-state index is 0.106. The predicted octanol–water partition coefficient (Wildman–Crippen LogP) is 2.45. The second-order valence-corrected chi connectivity index (χ2v) is 7.80. The molecule has 142 valence electrons. The van der Waals surface area contributed by atoms with Gasteiger partial charge in [0.15, 0.2) is 0 Å². The number of carbonyl (C=O) groups is 2. The molecular formula is C21H26N4O2. The van der Waals surface area contributed by atoms with Gasteiger partial charge in [-0.15, -0.1) is 0 Å². The van der Waals surface area contributed by atoms with Crippen molar-refractivity contribution in [3.05, 3.63) is 53.9 Å². The third-order valence-corrected chi connectivity index (χ3v) is 6.05. The van der Waals surface area contributed by atoms with Crippen molar-refractivity contribution in [2.45, 2.75) is 38.6 Å². The number of amides is 2. The van der Waals surface area contributed by atoms with Gasteiger partial charge in [-0.05, 0) is 54.9 Å². The van der Waals surface area contributed by atoms with Crippen molar-refractivity contribution in [1.82, 2.24) is 20.0 Å². The van der Waals surface area contributed by atoms with Crippen LogP contribution in [0, 0.1) is 5.41 Å². The predicted molar refractivity (Wildman–Crippen MR) is 102 cm³/mol. The van der Waals surface area contributed by atoms with Gasteiger partial charge in [-0.25, -0.2) is 0 Å². The maximum absolute atomic E-state index is 13.0. The van der Waals surface area contributed by atoms with Gasteiger partial charge >= 0.3 is 0 Å². The van der Waals surface area contributed by atoms with Gasteiger partial charge in [0, 0.05) is 44.0 Å². The summed E-state index contributed by atoms with van der Waals surface area (Å²) in [6.45, 7) is 2.98. The average molecular weight is 366 g/mol. The van der Waals surface area contributed by atoms with Crippen LogP contribution >= 0.6 is 0 Å². The van der Waals surface area contributed by atoms with E-state index in [1.165, 1.54) is 0 Å². The zero-order valence-corrected chi connectivity index (χ0v) is 15.6. The SMILES string of the molecule is O=C1CCC2(CCN1)CCN(C(=O)c1cccc(Cn3cccn3)c1)CC2. The molecule has 1 aromatic heterocycles. The van der Waals surface area contributed by atoms with Crippen molar-refractivity contribution < 1.29 is 9.59 Å². The molecule has 6 heteroatoms. The zero-order valence-electron chi connectivity index (χ0n) is 15.6. The molecule has 0 unspecified atom stereocenters. The summed E-state index contributed by atoms with van der Waals surface area (Å²) in [4.78, 5) is 26.6. The summed E-state index contributed by atoms with van der Waals surface area (Å²) in [7, 11) is 0. The summed E-state index contributed by atoms with van der Waals surface area (Å²) in [6, 6.07) is 9.74. The van der Waals surface area contributed by atoms with Crippen LogP contribution in [-0.2, 0) is 11.3 Å². The molecule has 2 aromatic rings. The monoisotopic (exact) mass is 366 g/mol. The van der Waals surface area contributed by atoms with Gasteiger partial charge in [-0.3, -0.25) is 14.3 Å². The van der Waals surface area contributed by atoms with Crippen LogP contribution in [0.5, 0.6) is 0 Å². The van der Waals surface area contributed by atoms with Crippen LogP contribution in [-0.4, -0.2) is 46.1 Å². The Morgan fingerprint density at radius 3 is 2.78 bits per heavy atom. The molecule has 1 aromatic carbocycles. The van der Waals surface area contributed by atoms with Crippen LogP contribution in [0.15, 0.2) is 42.7 Å². The molecule has 0 bridgehead atoms. The highest BCUT2D eigenvalue weighted by atomic mass is 16.2. The van der Waals surface area contributed by atoms with E-state index in [4.69, 9.17) is 0 Å². The highest BCUT2D eigenvalue weighted by molar-refractivity contribution is 5.94. The van der Waals surface area contributed by atoms with Crippen LogP contribution in [0.4, 0.5) is 0 Å². The minimum atomic E-state index is 0.106. The van der Waals surface area contributed by atoms with Crippen LogP contribution in [0.1, 0.15) is 48.0 Å². The lowest BCUT2D eigenvalue weighted by Gasteiger charge is -2.41. The molecule has 4 rings (SSSR count). The van der Waals surface area contributed by atoms with Gasteiger partial charge in [0.1, 0.15) is 0 Å². The number of nitrogens with one attached hydrogen (secondary N) is 1. The second kappa shape index (κ2) is 7.55. The first-order valence-electron chi connectivity index (χ1n) is 9.76. The number of carbonyl (C=O) groups excluding carboxylic acids is 2. The highest BCUT2D eigenvalue weighted by Crippen LogP contribution is 2.40. The first kappa shape index (κ1) is 17.8. The smallest absolute Gasteiger partial charge is 0.253 e. The van der Waals surface area contributed by atoms with Gasteiger partial charge in [0.05, 0.1) is 6.54 Å². The number of rotatable bonds is 3. The topological polar surface area (TPSA) is 67.2 Å². The van der Waals surface area contributed by atoms with E-state index in [0.717, 1.165) is 56.4 Å². The Hall–Kier alpha value is -2.63. The van der Waals surface area contributed by atoms with E-state index in [9.17, 15) is 9.59 Å².